The summed E-state index contributed by atoms with van der Waals surface area (Å²) in [5.41, 5.74) is 1.55. The van der Waals surface area contributed by atoms with Gasteiger partial charge in [-0.25, -0.2) is 9.97 Å². The van der Waals surface area contributed by atoms with Gasteiger partial charge < -0.3 is 9.88 Å². The number of hydrogen-bond donors (Lipinski definition) is 1. The minimum Gasteiger partial charge on any atom is -0.355 e. The van der Waals surface area contributed by atoms with Gasteiger partial charge in [0.2, 0.25) is 0 Å². The van der Waals surface area contributed by atoms with Crippen molar-refractivity contribution in [3.8, 4) is 0 Å². The Morgan fingerprint density at radius 3 is 3.29 bits per heavy atom. The lowest BCUT2D eigenvalue weighted by molar-refractivity contribution is 0.509. The van der Waals surface area contributed by atoms with Gasteiger partial charge in [-0.05, 0) is 30.2 Å². The standard InChI is InChI=1S/C13H16N4/c1-2-13-5-9(13)6-17(7-13)12-10-3-4-14-11(10)15-8-16-12/h3-4,8-9H,2,5-7H2,1H3,(H,14,15,16). The van der Waals surface area contributed by atoms with Crippen LogP contribution in [0, 0.1) is 11.3 Å². The molecule has 2 fully saturated rings. The maximum absolute atomic E-state index is 4.48. The van der Waals surface area contributed by atoms with Gasteiger partial charge in [0.05, 0.1) is 5.39 Å². The van der Waals surface area contributed by atoms with Gasteiger partial charge in [-0.15, -0.1) is 0 Å². The van der Waals surface area contributed by atoms with Gasteiger partial charge in [-0.1, -0.05) is 6.92 Å². The SMILES string of the molecule is CCC12CC1CN(c1ncnc3[nH]ccc13)C2. The Balaban J connectivity index is 1.74. The molecule has 0 amide bonds. The van der Waals surface area contributed by atoms with E-state index in [4.69, 9.17) is 0 Å². The zero-order valence-corrected chi connectivity index (χ0v) is 9.98. The summed E-state index contributed by atoms with van der Waals surface area (Å²) in [4.78, 5) is 14.3. The van der Waals surface area contributed by atoms with Crippen LogP contribution in [0.3, 0.4) is 0 Å². The molecule has 4 rings (SSSR count). The number of nitrogens with one attached hydrogen (secondary N) is 1. The molecule has 2 aromatic rings. The number of fused-ring (bicyclic) bond motifs is 2. The molecule has 2 aliphatic rings. The van der Waals surface area contributed by atoms with Gasteiger partial charge in [0.25, 0.3) is 0 Å². The lowest BCUT2D eigenvalue weighted by Crippen LogP contribution is -2.25. The number of rotatable bonds is 2. The largest absolute Gasteiger partial charge is 0.355 e. The zero-order chi connectivity index (χ0) is 11.5. The Morgan fingerprint density at radius 2 is 2.47 bits per heavy atom. The van der Waals surface area contributed by atoms with E-state index < -0.39 is 0 Å². The molecular weight excluding hydrogens is 212 g/mol. The van der Waals surface area contributed by atoms with E-state index in [0.717, 1.165) is 22.8 Å². The van der Waals surface area contributed by atoms with Crippen LogP contribution in [0.5, 0.6) is 0 Å². The Labute approximate surface area is 100 Å². The van der Waals surface area contributed by atoms with Crippen molar-refractivity contribution in [3.05, 3.63) is 18.6 Å². The van der Waals surface area contributed by atoms with Crippen molar-refractivity contribution >= 4 is 16.9 Å². The van der Waals surface area contributed by atoms with Crippen LogP contribution in [0.25, 0.3) is 11.0 Å². The Bertz CT molecular complexity index is 572. The van der Waals surface area contributed by atoms with E-state index in [1.807, 2.05) is 6.20 Å². The maximum atomic E-state index is 4.48. The molecule has 0 radical (unpaired) electrons. The van der Waals surface area contributed by atoms with Gasteiger partial charge in [0, 0.05) is 19.3 Å². The Kier molecular flexibility index (Phi) is 1.67. The minimum atomic E-state index is 0.605. The van der Waals surface area contributed by atoms with Crippen LogP contribution in [0.2, 0.25) is 0 Å². The van der Waals surface area contributed by atoms with E-state index in [-0.39, 0.29) is 0 Å². The van der Waals surface area contributed by atoms with Crippen molar-refractivity contribution in [2.24, 2.45) is 11.3 Å². The fourth-order valence-electron chi connectivity index (χ4n) is 3.41. The molecule has 1 saturated carbocycles. The second kappa shape index (κ2) is 3.00. The lowest BCUT2D eigenvalue weighted by atomic mass is 10.0. The summed E-state index contributed by atoms with van der Waals surface area (Å²) >= 11 is 0. The highest BCUT2D eigenvalue weighted by Gasteiger charge is 2.58. The summed E-state index contributed by atoms with van der Waals surface area (Å²) < 4.78 is 0. The van der Waals surface area contributed by atoms with Crippen molar-refractivity contribution < 1.29 is 0 Å². The molecule has 2 aromatic heterocycles. The summed E-state index contributed by atoms with van der Waals surface area (Å²) in [6, 6.07) is 2.08. The highest BCUT2D eigenvalue weighted by Crippen LogP contribution is 2.60. The molecule has 17 heavy (non-hydrogen) atoms. The molecule has 0 aromatic carbocycles. The molecule has 0 spiro atoms. The fraction of sp³-hybridized carbons (Fsp3) is 0.538. The highest BCUT2D eigenvalue weighted by atomic mass is 15.2. The van der Waals surface area contributed by atoms with Gasteiger partial charge in [-0.3, -0.25) is 0 Å². The van der Waals surface area contributed by atoms with Crippen LogP contribution in [0.4, 0.5) is 5.82 Å². The highest BCUT2D eigenvalue weighted by molar-refractivity contribution is 5.87. The van der Waals surface area contributed by atoms with Crippen molar-refractivity contribution in [2.45, 2.75) is 19.8 Å². The second-order valence-corrected chi connectivity index (χ2v) is 5.43. The van der Waals surface area contributed by atoms with Crippen LogP contribution in [-0.2, 0) is 0 Å². The van der Waals surface area contributed by atoms with E-state index in [9.17, 15) is 0 Å². The third-order valence-corrected chi connectivity index (χ3v) is 4.64. The van der Waals surface area contributed by atoms with E-state index in [1.165, 1.54) is 25.9 Å². The van der Waals surface area contributed by atoms with Gasteiger partial charge in [0.1, 0.15) is 17.8 Å². The molecule has 1 N–H and O–H groups in total. The normalized spacial score (nSPS) is 30.9. The number of nitrogens with zero attached hydrogens (tertiary/aromatic N) is 3. The number of hydrogen-bond acceptors (Lipinski definition) is 3. The molecular formula is C13H16N4. The molecule has 2 atom stereocenters. The molecule has 1 aliphatic heterocycles. The van der Waals surface area contributed by atoms with Crippen molar-refractivity contribution in [3.63, 3.8) is 0 Å². The second-order valence-electron chi connectivity index (χ2n) is 5.43. The van der Waals surface area contributed by atoms with Gasteiger partial charge in [-0.2, -0.15) is 0 Å². The predicted molar refractivity (Wildman–Crippen MR) is 66.9 cm³/mol. The third kappa shape index (κ3) is 1.18. The summed E-state index contributed by atoms with van der Waals surface area (Å²) in [5, 5.41) is 1.15. The zero-order valence-electron chi connectivity index (χ0n) is 9.98. The van der Waals surface area contributed by atoms with Crippen LogP contribution < -0.4 is 4.90 Å². The van der Waals surface area contributed by atoms with Crippen LogP contribution in [0.1, 0.15) is 19.8 Å². The first-order chi connectivity index (χ1) is 8.32. The van der Waals surface area contributed by atoms with Crippen LogP contribution >= 0.6 is 0 Å². The van der Waals surface area contributed by atoms with E-state index >= 15 is 0 Å². The summed E-state index contributed by atoms with van der Waals surface area (Å²) in [6.45, 7) is 4.66. The predicted octanol–water partition coefficient (Wildman–Crippen LogP) is 2.19. The maximum Gasteiger partial charge on any atom is 0.142 e. The van der Waals surface area contributed by atoms with Gasteiger partial charge >= 0.3 is 0 Å². The summed E-state index contributed by atoms with van der Waals surface area (Å²) in [6.07, 6.45) is 6.32. The number of piperidine rings is 1. The Hall–Kier alpha value is -1.58. The average Bonchev–Trinajstić information content (AvgIpc) is 2.78. The summed E-state index contributed by atoms with van der Waals surface area (Å²) in [5.74, 6) is 2.01. The molecule has 1 aliphatic carbocycles. The van der Waals surface area contributed by atoms with Crippen LogP contribution in [-0.4, -0.2) is 28.0 Å². The monoisotopic (exact) mass is 228 g/mol. The Morgan fingerprint density at radius 1 is 1.53 bits per heavy atom. The molecule has 4 nitrogen and oxygen atoms in total. The van der Waals surface area contributed by atoms with Crippen LogP contribution in [0.15, 0.2) is 18.6 Å². The fourth-order valence-corrected chi connectivity index (χ4v) is 3.41. The molecule has 2 unspecified atom stereocenters. The van der Waals surface area contributed by atoms with E-state index in [0.29, 0.717) is 5.41 Å². The number of aromatic amines is 1. The van der Waals surface area contributed by atoms with E-state index in [2.05, 4.69) is 32.8 Å². The molecule has 3 heterocycles. The van der Waals surface area contributed by atoms with Gasteiger partial charge in [0.15, 0.2) is 0 Å². The van der Waals surface area contributed by atoms with Crippen molar-refractivity contribution in [1.29, 1.82) is 0 Å². The van der Waals surface area contributed by atoms with E-state index in [1.54, 1.807) is 6.33 Å². The number of aromatic nitrogens is 3. The number of H-pyrrole nitrogens is 1. The lowest BCUT2D eigenvalue weighted by Gasteiger charge is -2.21. The first kappa shape index (κ1) is 9.45. The number of anilines is 1. The minimum absolute atomic E-state index is 0.605. The smallest absolute Gasteiger partial charge is 0.142 e. The molecule has 1 saturated heterocycles. The quantitative estimate of drug-likeness (QED) is 0.857. The molecule has 88 valence electrons. The molecule has 4 heteroatoms. The summed E-state index contributed by atoms with van der Waals surface area (Å²) in [7, 11) is 0. The molecule has 0 bridgehead atoms. The van der Waals surface area contributed by atoms with Crippen molar-refractivity contribution in [1.82, 2.24) is 15.0 Å². The first-order valence-electron chi connectivity index (χ1n) is 6.35. The van der Waals surface area contributed by atoms with Crippen molar-refractivity contribution in [2.75, 3.05) is 18.0 Å². The first-order valence-corrected chi connectivity index (χ1v) is 6.35. The average molecular weight is 228 g/mol. The topological polar surface area (TPSA) is 44.8 Å². The third-order valence-electron chi connectivity index (χ3n) is 4.64.